The summed E-state index contributed by atoms with van der Waals surface area (Å²) >= 11 is 5.38. The van der Waals surface area contributed by atoms with Crippen LogP contribution in [0.5, 0.6) is 23.0 Å². The SMILES string of the molecule is COC(=O)c1cc(C(=O)NCc2ccc3c(c2)NC(=O)CO3)nc2c(F)cnn12.COC(=O)c1cc(C(=O)O)nc2c(F)cnn12.N#Cc1cc(C(=O)NCc2ccc3c(c2)NC(=O)CO3)nc2c(F)cnn12.NC(=O)c1cc(C(=O)NCc2ccc3c(c2)NC(=O)CO3)nc2c(F)cnn12.O=C1COc2ccc(CNCl)cc2N1. The predicted molar refractivity (Wildman–Crippen MR) is 383 cm³/mol. The summed E-state index contributed by atoms with van der Waals surface area (Å²) in [7, 11) is 2.28. The van der Waals surface area contributed by atoms with Crippen LogP contribution in [0.1, 0.15) is 101 Å². The molecular weight excluding hydrogens is 1550 g/mol. The van der Waals surface area contributed by atoms with Crippen LogP contribution in [-0.2, 0) is 54.8 Å². The highest BCUT2D eigenvalue weighted by Gasteiger charge is 2.27. The van der Waals surface area contributed by atoms with Crippen molar-refractivity contribution in [2.45, 2.75) is 26.2 Å². The van der Waals surface area contributed by atoms with Crippen molar-refractivity contribution in [2.24, 2.45) is 5.73 Å². The van der Waals surface area contributed by atoms with Crippen LogP contribution in [0.3, 0.4) is 0 Å². The molecule has 16 rings (SSSR count). The Labute approximate surface area is 643 Å². The van der Waals surface area contributed by atoms with Crippen LogP contribution >= 0.6 is 11.8 Å². The molecule has 4 aliphatic heterocycles. The van der Waals surface area contributed by atoms with Crippen LogP contribution in [0.25, 0.3) is 22.6 Å². The third-order valence-corrected chi connectivity index (χ3v) is 16.3. The number of esters is 2. The molecule has 4 aromatic carbocycles. The number of methoxy groups -OCH3 is 2. The second kappa shape index (κ2) is 34.4. The van der Waals surface area contributed by atoms with E-state index in [1.165, 1.54) is 12.1 Å². The van der Waals surface area contributed by atoms with Gasteiger partial charge in [-0.2, -0.15) is 25.7 Å². The van der Waals surface area contributed by atoms with E-state index in [4.69, 9.17) is 46.8 Å². The molecule has 45 heteroatoms. The number of benzene rings is 4. The number of rotatable bonds is 15. The Morgan fingerprint density at radius 3 is 1.09 bits per heavy atom. The van der Waals surface area contributed by atoms with Crippen LogP contribution in [-0.4, -0.2) is 169 Å². The Kier molecular flexibility index (Phi) is 23.6. The van der Waals surface area contributed by atoms with Crippen molar-refractivity contribution in [2.75, 3.05) is 61.9 Å². The van der Waals surface area contributed by atoms with Crippen LogP contribution in [0.2, 0.25) is 0 Å². The normalized spacial score (nSPS) is 12.6. The largest absolute Gasteiger partial charge is 0.482 e. The average Bonchev–Trinajstić information content (AvgIpc) is 1.67. The summed E-state index contributed by atoms with van der Waals surface area (Å²) in [5, 5.41) is 51.3. The molecule has 11 N–H and O–H groups in total. The fraction of sp³-hybridized carbons (Fsp3) is 0.143. The van der Waals surface area contributed by atoms with Crippen molar-refractivity contribution < 1.29 is 104 Å². The Bertz CT molecular complexity index is 6050. The van der Waals surface area contributed by atoms with E-state index in [9.17, 15) is 70.3 Å². The number of fused-ring (bicyclic) bond motifs is 8. The minimum Gasteiger partial charge on any atom is -0.482 e. The smallest absolute Gasteiger partial charge is 0.356 e. The lowest BCUT2D eigenvalue weighted by molar-refractivity contribution is -0.119. The topological polar surface area (TPSA) is 530 Å². The molecule has 0 aliphatic carbocycles. The number of nitrogens with two attached hydrogens (primary N) is 1. The molecule has 12 aromatic rings. The number of nitrogens with zero attached hydrogens (tertiary/aromatic N) is 13. The van der Waals surface area contributed by atoms with Gasteiger partial charge in [0.1, 0.15) is 57.5 Å². The number of ether oxygens (including phenoxy) is 6. The van der Waals surface area contributed by atoms with Crippen LogP contribution < -0.4 is 66.7 Å². The summed E-state index contributed by atoms with van der Waals surface area (Å²) in [6.45, 7) is 0.828. The lowest BCUT2D eigenvalue weighted by atomic mass is 10.1. The van der Waals surface area contributed by atoms with E-state index < -0.39 is 70.5 Å². The summed E-state index contributed by atoms with van der Waals surface area (Å²) < 4.78 is 88.6. The molecule has 12 heterocycles. The number of halogens is 5. The Hall–Kier alpha value is -15.8. The van der Waals surface area contributed by atoms with E-state index in [-0.39, 0.29) is 132 Å². The zero-order valence-corrected chi connectivity index (χ0v) is 59.6. The lowest BCUT2D eigenvalue weighted by Gasteiger charge is -2.18. The van der Waals surface area contributed by atoms with E-state index in [1.807, 2.05) is 24.3 Å². The molecule has 586 valence electrons. The Morgan fingerprint density at radius 2 is 0.765 bits per heavy atom. The van der Waals surface area contributed by atoms with Gasteiger partial charge in [-0.05, 0) is 82.6 Å². The Balaban J connectivity index is 0.000000136. The van der Waals surface area contributed by atoms with Gasteiger partial charge in [-0.3, -0.25) is 38.4 Å². The zero-order valence-electron chi connectivity index (χ0n) is 58.9. The maximum Gasteiger partial charge on any atom is 0.356 e. The number of hydrogen-bond donors (Lipinski definition) is 10. The van der Waals surface area contributed by atoms with Crippen LogP contribution in [0.15, 0.2) is 122 Å². The van der Waals surface area contributed by atoms with E-state index in [1.54, 1.807) is 54.6 Å². The molecule has 4 aliphatic rings. The Morgan fingerprint density at radius 1 is 0.470 bits per heavy atom. The molecule has 115 heavy (non-hydrogen) atoms. The first kappa shape index (κ1) is 78.8. The summed E-state index contributed by atoms with van der Waals surface area (Å²) in [6.07, 6.45) is 3.52. The number of carbonyl (C=O) groups excluding carboxylic acids is 10. The number of carbonyl (C=O) groups is 11. The van der Waals surface area contributed by atoms with E-state index in [0.717, 1.165) is 74.8 Å². The molecular formula is C70H53ClF4N22O18. The van der Waals surface area contributed by atoms with Gasteiger partial charge in [0, 0.05) is 50.4 Å². The monoisotopic (exact) mass is 1600 g/mol. The second-order valence-electron chi connectivity index (χ2n) is 23.8. The summed E-state index contributed by atoms with van der Waals surface area (Å²) in [5.74, 6) is -7.46. The summed E-state index contributed by atoms with van der Waals surface area (Å²) in [5.41, 5.74) is 8.01. The number of hydrogen-bond acceptors (Lipinski definition) is 27. The van der Waals surface area contributed by atoms with E-state index >= 15 is 0 Å². The van der Waals surface area contributed by atoms with Gasteiger partial charge >= 0.3 is 17.9 Å². The maximum atomic E-state index is 13.9. The third kappa shape index (κ3) is 18.1. The zero-order chi connectivity index (χ0) is 81.9. The van der Waals surface area contributed by atoms with Crippen molar-refractivity contribution in [1.82, 2.24) is 79.2 Å². The number of aromatic carboxylic acids is 1. The number of aromatic nitrogens is 12. The van der Waals surface area contributed by atoms with Crippen LogP contribution in [0.4, 0.5) is 40.3 Å². The fourth-order valence-corrected chi connectivity index (χ4v) is 11.0. The molecule has 0 saturated heterocycles. The van der Waals surface area contributed by atoms with Gasteiger partial charge in [0.15, 0.2) is 89.4 Å². The second-order valence-corrected chi connectivity index (χ2v) is 24.1. The first-order valence-electron chi connectivity index (χ1n) is 32.9. The quantitative estimate of drug-likeness (QED) is 0.0397. The van der Waals surface area contributed by atoms with Crippen molar-refractivity contribution in [3.63, 3.8) is 0 Å². The summed E-state index contributed by atoms with van der Waals surface area (Å²) in [6, 6.07) is 27.1. The molecule has 0 bridgehead atoms. The molecule has 0 radical (unpaired) electrons. The van der Waals surface area contributed by atoms with Gasteiger partial charge in [-0.25, -0.2) is 74.8 Å². The first-order chi connectivity index (χ1) is 55.3. The lowest BCUT2D eigenvalue weighted by Crippen LogP contribution is -2.27. The highest BCUT2D eigenvalue weighted by Crippen LogP contribution is 2.32. The van der Waals surface area contributed by atoms with Gasteiger partial charge < -0.3 is 76.5 Å². The molecule has 40 nitrogen and oxygen atoms in total. The molecule has 0 atom stereocenters. The van der Waals surface area contributed by atoms with Gasteiger partial charge in [0.05, 0.1) is 61.8 Å². The maximum absolute atomic E-state index is 13.9. The molecule has 0 spiro atoms. The number of carboxylic acid groups (broad SMARTS) is 1. The van der Waals surface area contributed by atoms with Gasteiger partial charge in [0.2, 0.25) is 0 Å². The highest BCUT2D eigenvalue weighted by atomic mass is 35.5. The van der Waals surface area contributed by atoms with Gasteiger partial charge in [-0.1, -0.05) is 24.3 Å². The fourth-order valence-electron chi connectivity index (χ4n) is 10.8. The van der Waals surface area contributed by atoms with Crippen molar-refractivity contribution in [1.29, 1.82) is 5.26 Å². The minimum atomic E-state index is -1.38. The van der Waals surface area contributed by atoms with Crippen molar-refractivity contribution >= 4 is 122 Å². The molecule has 8 aromatic heterocycles. The number of amides is 8. The molecule has 0 saturated carbocycles. The van der Waals surface area contributed by atoms with Gasteiger partial charge in [-0.15, -0.1) is 0 Å². The molecule has 0 fully saturated rings. The number of nitriles is 1. The number of anilines is 4. The number of primary amides is 1. The number of carboxylic acids is 1. The van der Waals surface area contributed by atoms with Crippen LogP contribution in [0, 0.1) is 34.6 Å². The van der Waals surface area contributed by atoms with Crippen molar-refractivity contribution in [3.8, 4) is 29.1 Å². The summed E-state index contributed by atoms with van der Waals surface area (Å²) in [4.78, 5) is 146. The van der Waals surface area contributed by atoms with Gasteiger partial charge in [0.25, 0.3) is 47.3 Å². The average molecular weight is 1600 g/mol. The molecule has 0 unspecified atom stereocenters. The third-order valence-electron chi connectivity index (χ3n) is 16.1. The minimum absolute atomic E-state index is 0.0114. The highest BCUT2D eigenvalue weighted by molar-refractivity contribution is 6.13. The predicted octanol–water partition coefficient (Wildman–Crippen LogP) is 3.76. The van der Waals surface area contributed by atoms with Crippen molar-refractivity contribution in [3.05, 3.63) is 213 Å². The number of nitrogens with one attached hydrogen (secondary N) is 8. The van der Waals surface area contributed by atoms with E-state index in [0.29, 0.717) is 69.0 Å². The standard InChI is InChI=1S/C18H14FN5O5.C17H13FN6O4.C17H11FN6O3.C9H9ClN2O2.C9H6FN3O4/c1-28-18(27)13-5-12(23-16-10(19)7-21-24(13)16)17(26)20-6-9-2-3-14-11(4-9)22-15(25)8-29-14;18-9-6-21-24-12(15(19)26)4-11(23-16(9)24)17(27)20-5-8-1-2-13-10(3-8)22-14(25)7-28-13;18-11-7-21-24-10(5-19)4-13(23-16(11)24)17(26)20-6-9-1-2-14-12(3-9)22-15(25)8-27-14;10-11-4-6-1-2-8-7(3-6)12-9(13)5-14-8;1-17-9(16)6-2-5(8(14)15)12-7-4(10)3-11-13(6)7/h2-5,7H,6,8H2,1H3,(H,20,26)(H,22,25);1-4,6H,5,7H2,(H2,19,26)(H,20,27)(H,22,25);1-4,7H,6,8H2,(H,20,26)(H,22,25);1-3,11H,4-5H2,(H,12,13);2-3H,1H3,(H,14,15). The van der Waals surface area contributed by atoms with E-state index in [2.05, 4.69) is 91.9 Å². The first-order valence-corrected chi connectivity index (χ1v) is 33.3. The molecule has 8 amide bonds.